The molecule has 1 aliphatic heterocycles. The molecule has 1 aromatic heterocycles. The number of hydrogen-bond donors (Lipinski definition) is 4. The Bertz CT molecular complexity index is 1100. The van der Waals surface area contributed by atoms with E-state index in [0.29, 0.717) is 23.4 Å². The number of carbonyl (C=O) groups excluding carboxylic acids is 1. The van der Waals surface area contributed by atoms with Crippen molar-refractivity contribution < 1.29 is 44.2 Å². The molecule has 2 aliphatic rings. The van der Waals surface area contributed by atoms with Crippen molar-refractivity contribution in [3.63, 3.8) is 0 Å². The summed E-state index contributed by atoms with van der Waals surface area (Å²) >= 11 is 13.5. The average molecular weight is 560 g/mol. The van der Waals surface area contributed by atoms with Crippen molar-refractivity contribution in [3.05, 3.63) is 47.5 Å². The smallest absolute Gasteiger partial charge is 0.317 e. The monoisotopic (exact) mass is 559 g/mol. The number of aliphatic hydroxyl groups is 3. The zero-order valence-corrected chi connectivity index (χ0v) is 21.0. The van der Waals surface area contributed by atoms with E-state index in [2.05, 4.69) is 10.1 Å². The van der Waals surface area contributed by atoms with E-state index in [1.54, 1.807) is 12.1 Å². The topological polar surface area (TPSA) is 173 Å². The van der Waals surface area contributed by atoms with Gasteiger partial charge < -0.3 is 34.6 Å². The zero-order valence-electron chi connectivity index (χ0n) is 19.5. The molecule has 1 saturated heterocycles. The van der Waals surface area contributed by atoms with E-state index < -0.39 is 66.1 Å². The molecule has 2 fully saturated rings. The summed E-state index contributed by atoms with van der Waals surface area (Å²) in [5.74, 6) is -2.44. The van der Waals surface area contributed by atoms with E-state index in [1.165, 1.54) is 17.3 Å². The number of halogens is 2. The van der Waals surface area contributed by atoms with Crippen molar-refractivity contribution in [2.45, 2.75) is 73.4 Å². The van der Waals surface area contributed by atoms with Crippen LogP contribution >= 0.6 is 23.2 Å². The highest BCUT2D eigenvalue weighted by Crippen LogP contribution is 2.55. The van der Waals surface area contributed by atoms with Gasteiger partial charge in [0.2, 0.25) is 0 Å². The zero-order chi connectivity index (χ0) is 26.8. The molecule has 1 aliphatic carbocycles. The molecule has 0 spiro atoms. The van der Waals surface area contributed by atoms with Gasteiger partial charge in [-0.05, 0) is 24.5 Å². The molecule has 2 heterocycles. The minimum Gasteiger partial charge on any atom is -0.481 e. The van der Waals surface area contributed by atoms with Crippen molar-refractivity contribution in [2.75, 3.05) is 6.61 Å². The van der Waals surface area contributed by atoms with Crippen LogP contribution in [-0.2, 0) is 36.8 Å². The van der Waals surface area contributed by atoms with Crippen molar-refractivity contribution in [1.29, 1.82) is 0 Å². The number of hydrogen-bond acceptors (Lipinski definition) is 10. The molecule has 0 radical (unpaired) electrons. The van der Waals surface area contributed by atoms with Crippen LogP contribution in [0.4, 0.5) is 0 Å². The van der Waals surface area contributed by atoms with Crippen LogP contribution in [0.1, 0.15) is 24.8 Å². The Morgan fingerprint density at radius 2 is 1.92 bits per heavy atom. The lowest BCUT2D eigenvalue weighted by molar-refractivity contribution is -0.330. The summed E-state index contributed by atoms with van der Waals surface area (Å²) in [4.78, 5) is 25.5. The first-order chi connectivity index (χ1) is 17.5. The van der Waals surface area contributed by atoms with Crippen LogP contribution in [0.5, 0.6) is 0 Å². The number of carboxylic acids is 1. The molecule has 6 atom stereocenters. The molecule has 12 nitrogen and oxygen atoms in total. The standard InChI is InChI=1S/C23H27Cl2N3O9/c24-14-4-2-1-3-13(14)8-23(22(25)5-6-22,10-28-12-26-11-27-28)37-21-20(34)19(33)18(32)15(36-21)9-35-17(31)7-16(29)30/h1-4,11-12,15,18-21,32-34H,5-10H2,(H,29,30)/t15-,18-,19+,20-,21+,23?/m1/s1. The summed E-state index contributed by atoms with van der Waals surface area (Å²) in [7, 11) is 0. The second kappa shape index (κ2) is 11.2. The molecule has 1 unspecified atom stereocenters. The maximum absolute atomic E-state index is 11.7. The van der Waals surface area contributed by atoms with Gasteiger partial charge in [0.15, 0.2) is 6.29 Å². The number of carboxylic acid groups (broad SMARTS) is 1. The van der Waals surface area contributed by atoms with E-state index in [0.717, 1.165) is 0 Å². The molecular formula is C23H27Cl2N3O9. The second-order valence-electron chi connectivity index (χ2n) is 9.21. The number of esters is 1. The third-order valence-electron chi connectivity index (χ3n) is 6.54. The maximum atomic E-state index is 11.7. The lowest BCUT2D eigenvalue weighted by Crippen LogP contribution is -2.63. The van der Waals surface area contributed by atoms with E-state index in [1.807, 2.05) is 12.1 Å². The van der Waals surface area contributed by atoms with Gasteiger partial charge >= 0.3 is 11.9 Å². The Balaban J connectivity index is 1.62. The highest BCUT2D eigenvalue weighted by molar-refractivity contribution is 6.31. The van der Waals surface area contributed by atoms with Gasteiger partial charge in [0.25, 0.3) is 0 Å². The van der Waals surface area contributed by atoms with E-state index in [-0.39, 0.29) is 13.0 Å². The van der Waals surface area contributed by atoms with Crippen LogP contribution < -0.4 is 0 Å². The summed E-state index contributed by atoms with van der Waals surface area (Å²) in [6.07, 6.45) is -4.64. The molecule has 0 bridgehead atoms. The van der Waals surface area contributed by atoms with Crippen LogP contribution in [0.3, 0.4) is 0 Å². The quantitative estimate of drug-likeness (QED) is 0.172. The van der Waals surface area contributed by atoms with E-state index in [9.17, 15) is 24.9 Å². The molecule has 202 valence electrons. The Labute approximate surface area is 221 Å². The number of rotatable bonds is 11. The third kappa shape index (κ3) is 6.23. The number of aliphatic carboxylic acids is 1. The molecule has 1 aromatic carbocycles. The molecule has 4 rings (SSSR count). The summed E-state index contributed by atoms with van der Waals surface area (Å²) in [6, 6.07) is 7.12. The third-order valence-corrected chi connectivity index (χ3v) is 7.63. The fourth-order valence-corrected chi connectivity index (χ4v) is 4.82. The van der Waals surface area contributed by atoms with Crippen LogP contribution in [0.2, 0.25) is 5.02 Å². The van der Waals surface area contributed by atoms with E-state index in [4.69, 9.17) is 42.5 Å². The highest BCUT2D eigenvalue weighted by atomic mass is 35.5. The molecule has 0 amide bonds. The van der Waals surface area contributed by atoms with Gasteiger partial charge in [-0.1, -0.05) is 29.8 Å². The minimum absolute atomic E-state index is 0.0885. The van der Waals surface area contributed by atoms with Gasteiger partial charge in [-0.3, -0.25) is 9.59 Å². The van der Waals surface area contributed by atoms with Gasteiger partial charge in [0.1, 0.15) is 55.7 Å². The molecular weight excluding hydrogens is 533 g/mol. The van der Waals surface area contributed by atoms with Crippen LogP contribution in [0.25, 0.3) is 0 Å². The summed E-state index contributed by atoms with van der Waals surface area (Å²) in [5.41, 5.74) is -0.563. The lowest BCUT2D eigenvalue weighted by atomic mass is 9.87. The van der Waals surface area contributed by atoms with Crippen LogP contribution in [-0.4, -0.2) is 94.9 Å². The van der Waals surface area contributed by atoms with Crippen LogP contribution in [0.15, 0.2) is 36.9 Å². The number of aliphatic hydroxyl groups excluding tert-OH is 3. The van der Waals surface area contributed by atoms with Crippen molar-refractivity contribution >= 4 is 35.1 Å². The SMILES string of the molecule is O=C(O)CC(=O)OC[C@H]1O[C@@H](OC(Cc2ccccc2Cl)(Cn2cncn2)C2(Cl)CC2)[C@H](O)[C@@H](O)[C@@H]1O. The number of benzene rings is 1. The Morgan fingerprint density at radius 3 is 2.54 bits per heavy atom. The lowest BCUT2D eigenvalue weighted by Gasteiger charge is -2.46. The number of ether oxygens (including phenoxy) is 3. The molecule has 4 N–H and O–H groups in total. The number of alkyl halides is 1. The minimum atomic E-state index is -1.73. The van der Waals surface area contributed by atoms with E-state index >= 15 is 0 Å². The molecule has 37 heavy (non-hydrogen) atoms. The molecule has 1 saturated carbocycles. The molecule has 14 heteroatoms. The Morgan fingerprint density at radius 1 is 1.19 bits per heavy atom. The number of nitrogens with zero attached hydrogens (tertiary/aromatic N) is 3. The summed E-state index contributed by atoms with van der Waals surface area (Å²) in [6.45, 7) is -0.491. The summed E-state index contributed by atoms with van der Waals surface area (Å²) in [5, 5.41) is 45.1. The first kappa shape index (κ1) is 27.7. The first-order valence-electron chi connectivity index (χ1n) is 11.5. The van der Waals surface area contributed by atoms with Crippen molar-refractivity contribution in [3.8, 4) is 0 Å². The highest BCUT2D eigenvalue weighted by Gasteiger charge is 2.62. The van der Waals surface area contributed by atoms with Gasteiger partial charge in [0.05, 0.1) is 11.4 Å². The van der Waals surface area contributed by atoms with Gasteiger partial charge in [-0.2, -0.15) is 5.10 Å². The first-order valence-corrected chi connectivity index (χ1v) is 12.3. The predicted octanol–water partition coefficient (Wildman–Crippen LogP) is 0.526. The van der Waals surface area contributed by atoms with Gasteiger partial charge in [0, 0.05) is 11.4 Å². The average Bonchev–Trinajstić information content (AvgIpc) is 3.40. The fourth-order valence-electron chi connectivity index (χ4n) is 4.35. The number of carbonyl (C=O) groups is 2. The number of aromatic nitrogens is 3. The summed E-state index contributed by atoms with van der Waals surface area (Å²) < 4.78 is 18.6. The fraction of sp³-hybridized carbons (Fsp3) is 0.565. The maximum Gasteiger partial charge on any atom is 0.317 e. The van der Waals surface area contributed by atoms with Crippen molar-refractivity contribution in [2.24, 2.45) is 0 Å². The van der Waals surface area contributed by atoms with Gasteiger partial charge in [-0.15, -0.1) is 11.6 Å². The van der Waals surface area contributed by atoms with Gasteiger partial charge in [-0.25, -0.2) is 9.67 Å². The Hall–Kier alpha value is -2.32. The predicted molar refractivity (Wildman–Crippen MR) is 127 cm³/mol. The normalized spacial score (nSPS) is 28.3. The Kier molecular flexibility index (Phi) is 8.38. The second-order valence-corrected chi connectivity index (χ2v) is 10.3. The molecule has 2 aromatic rings. The largest absolute Gasteiger partial charge is 0.481 e. The van der Waals surface area contributed by atoms with Crippen molar-refractivity contribution in [1.82, 2.24) is 14.8 Å². The van der Waals surface area contributed by atoms with Crippen LogP contribution in [0, 0.1) is 0 Å².